The molecule has 0 atom stereocenters. The van der Waals surface area contributed by atoms with Crippen LogP contribution in [0.25, 0.3) is 0 Å². The Balaban J connectivity index is 3.44. The second-order valence-corrected chi connectivity index (χ2v) is 3.29. The highest BCUT2D eigenvalue weighted by Gasteiger charge is 2.21. The zero-order valence-electron chi connectivity index (χ0n) is 7.02. The molecule has 0 saturated carbocycles. The summed E-state index contributed by atoms with van der Waals surface area (Å²) in [6, 6.07) is 1.09. The summed E-state index contributed by atoms with van der Waals surface area (Å²) >= 11 is 10.6. The highest BCUT2D eigenvalue weighted by atomic mass is 35.5. The van der Waals surface area contributed by atoms with Gasteiger partial charge >= 0.3 is 0 Å². The van der Waals surface area contributed by atoms with Gasteiger partial charge in [0.05, 0.1) is 5.56 Å². The summed E-state index contributed by atoms with van der Waals surface area (Å²) in [7, 11) is 0. The number of halogens is 4. The molecule has 2 nitrogen and oxygen atoms in total. The molecular weight excluding hydrogens is 235 g/mol. The number of alkyl halides is 2. The molecule has 6 heteroatoms. The topological polar surface area (TPSA) is 30.0 Å². The van der Waals surface area contributed by atoms with E-state index in [1.165, 1.54) is 6.92 Å². The van der Waals surface area contributed by atoms with Gasteiger partial charge in [-0.25, -0.2) is 13.8 Å². The average molecular weight is 240 g/mol. The van der Waals surface area contributed by atoms with Crippen molar-refractivity contribution in [3.63, 3.8) is 0 Å². The second kappa shape index (κ2) is 4.19. The number of carbonyl (C=O) groups excluding carboxylic acids is 1. The summed E-state index contributed by atoms with van der Waals surface area (Å²) in [5.41, 5.74) is -0.594. The minimum Gasteiger partial charge on any atom is -0.275 e. The van der Waals surface area contributed by atoms with E-state index in [1.807, 2.05) is 0 Å². The maximum atomic E-state index is 12.5. The first-order chi connectivity index (χ1) is 6.43. The van der Waals surface area contributed by atoms with Crippen LogP contribution in [0.1, 0.15) is 28.0 Å². The lowest BCUT2D eigenvalue weighted by molar-refractivity contribution is 0.106. The molecular formula is C8H5Cl2F2NO. The number of nitrogens with zero attached hydrogens (tertiary/aromatic N) is 1. The molecule has 1 rings (SSSR count). The number of aryl methyl sites for hydroxylation is 1. The van der Waals surface area contributed by atoms with E-state index in [9.17, 15) is 13.6 Å². The SMILES string of the molecule is Cc1cc(C(F)F)c(C(=O)Cl)c(Cl)n1. The van der Waals surface area contributed by atoms with E-state index >= 15 is 0 Å². The van der Waals surface area contributed by atoms with Gasteiger partial charge in [0.1, 0.15) is 5.15 Å². The molecule has 0 radical (unpaired) electrons. The highest BCUT2D eigenvalue weighted by molar-refractivity contribution is 6.68. The van der Waals surface area contributed by atoms with Crippen LogP contribution in [0.2, 0.25) is 5.15 Å². The van der Waals surface area contributed by atoms with Crippen LogP contribution in [0.3, 0.4) is 0 Å². The van der Waals surface area contributed by atoms with Gasteiger partial charge in [-0.1, -0.05) is 11.6 Å². The Morgan fingerprint density at radius 1 is 1.57 bits per heavy atom. The minimum atomic E-state index is -2.80. The van der Waals surface area contributed by atoms with Gasteiger partial charge < -0.3 is 0 Å². The predicted molar refractivity (Wildman–Crippen MR) is 49.1 cm³/mol. The van der Waals surface area contributed by atoms with Crippen LogP contribution < -0.4 is 0 Å². The Morgan fingerprint density at radius 3 is 2.57 bits per heavy atom. The maximum Gasteiger partial charge on any atom is 0.264 e. The van der Waals surface area contributed by atoms with Gasteiger partial charge in [0.25, 0.3) is 11.7 Å². The normalized spacial score (nSPS) is 10.7. The van der Waals surface area contributed by atoms with Crippen LogP contribution >= 0.6 is 23.2 Å². The Labute approximate surface area is 88.8 Å². The molecule has 0 saturated heterocycles. The molecule has 1 heterocycles. The zero-order valence-corrected chi connectivity index (χ0v) is 8.53. The molecule has 0 fully saturated rings. The van der Waals surface area contributed by atoms with E-state index in [2.05, 4.69) is 4.98 Å². The summed E-state index contributed by atoms with van der Waals surface area (Å²) in [6.07, 6.45) is -2.80. The molecule has 0 unspecified atom stereocenters. The first-order valence-corrected chi connectivity index (χ1v) is 4.34. The summed E-state index contributed by atoms with van der Waals surface area (Å²) < 4.78 is 24.9. The molecule has 1 aromatic heterocycles. The molecule has 0 amide bonds. The third-order valence-electron chi connectivity index (χ3n) is 1.57. The van der Waals surface area contributed by atoms with Crippen LogP contribution in [0.15, 0.2) is 6.07 Å². The number of aromatic nitrogens is 1. The van der Waals surface area contributed by atoms with Crippen molar-refractivity contribution in [3.05, 3.63) is 28.0 Å². The quantitative estimate of drug-likeness (QED) is 0.586. The largest absolute Gasteiger partial charge is 0.275 e. The molecule has 1 aromatic rings. The molecule has 0 spiro atoms. The van der Waals surface area contributed by atoms with E-state index in [0.29, 0.717) is 5.69 Å². The van der Waals surface area contributed by atoms with Crippen LogP contribution in [-0.2, 0) is 0 Å². The van der Waals surface area contributed by atoms with Gasteiger partial charge in [-0.05, 0) is 24.6 Å². The van der Waals surface area contributed by atoms with Gasteiger partial charge in [-0.15, -0.1) is 0 Å². The van der Waals surface area contributed by atoms with Crippen molar-refractivity contribution >= 4 is 28.4 Å². The number of pyridine rings is 1. The highest BCUT2D eigenvalue weighted by Crippen LogP contribution is 2.29. The molecule has 0 aliphatic rings. The number of carbonyl (C=O) groups is 1. The van der Waals surface area contributed by atoms with Crippen molar-refractivity contribution in [2.24, 2.45) is 0 Å². The van der Waals surface area contributed by atoms with E-state index in [-0.39, 0.29) is 5.15 Å². The van der Waals surface area contributed by atoms with Crippen molar-refractivity contribution in [2.45, 2.75) is 13.3 Å². The summed E-state index contributed by atoms with van der Waals surface area (Å²) in [5.74, 6) is 0. The van der Waals surface area contributed by atoms with Crippen molar-refractivity contribution in [1.29, 1.82) is 0 Å². The van der Waals surface area contributed by atoms with E-state index in [0.717, 1.165) is 6.07 Å². The molecule has 0 aliphatic heterocycles. The molecule has 0 aromatic carbocycles. The second-order valence-electron chi connectivity index (χ2n) is 2.59. The Kier molecular flexibility index (Phi) is 3.39. The van der Waals surface area contributed by atoms with Crippen molar-refractivity contribution < 1.29 is 13.6 Å². The maximum absolute atomic E-state index is 12.5. The molecule has 0 bridgehead atoms. The predicted octanol–water partition coefficient (Wildman–Crippen LogP) is 3.36. The van der Waals surface area contributed by atoms with Crippen molar-refractivity contribution in [2.75, 3.05) is 0 Å². The van der Waals surface area contributed by atoms with Crippen LogP contribution in [0, 0.1) is 6.92 Å². The molecule has 0 N–H and O–H groups in total. The first kappa shape index (κ1) is 11.3. The third kappa shape index (κ3) is 2.19. The van der Waals surface area contributed by atoms with Crippen molar-refractivity contribution in [1.82, 2.24) is 4.98 Å². The Morgan fingerprint density at radius 2 is 2.14 bits per heavy atom. The van der Waals surface area contributed by atoms with Crippen LogP contribution in [-0.4, -0.2) is 10.2 Å². The van der Waals surface area contributed by atoms with E-state index < -0.39 is 22.8 Å². The van der Waals surface area contributed by atoms with Gasteiger partial charge in [0.2, 0.25) is 0 Å². The van der Waals surface area contributed by atoms with E-state index in [4.69, 9.17) is 23.2 Å². The first-order valence-electron chi connectivity index (χ1n) is 3.58. The van der Waals surface area contributed by atoms with Crippen LogP contribution in [0.5, 0.6) is 0 Å². The lowest BCUT2D eigenvalue weighted by Crippen LogP contribution is -2.02. The smallest absolute Gasteiger partial charge is 0.264 e. The summed E-state index contributed by atoms with van der Waals surface area (Å²) in [4.78, 5) is 14.5. The number of hydrogen-bond donors (Lipinski definition) is 0. The average Bonchev–Trinajstić information content (AvgIpc) is 2.01. The van der Waals surface area contributed by atoms with Gasteiger partial charge in [0.15, 0.2) is 0 Å². The fourth-order valence-electron chi connectivity index (χ4n) is 1.03. The summed E-state index contributed by atoms with van der Waals surface area (Å²) in [5, 5.41) is -1.32. The van der Waals surface area contributed by atoms with Gasteiger partial charge in [-0.3, -0.25) is 4.79 Å². The standard InChI is InChI=1S/C8H5Cl2F2NO/c1-3-2-4(8(11)12)5(7(10)14)6(9)13-3/h2,8H,1H3. The van der Waals surface area contributed by atoms with E-state index in [1.54, 1.807) is 0 Å². The molecule has 0 aliphatic carbocycles. The Bertz CT molecular complexity index is 382. The lowest BCUT2D eigenvalue weighted by Gasteiger charge is -2.07. The number of hydrogen-bond acceptors (Lipinski definition) is 2. The Hall–Kier alpha value is -0.740. The summed E-state index contributed by atoms with van der Waals surface area (Å²) in [6.45, 7) is 1.50. The number of rotatable bonds is 2. The lowest BCUT2D eigenvalue weighted by atomic mass is 10.1. The van der Waals surface area contributed by atoms with Crippen molar-refractivity contribution in [3.8, 4) is 0 Å². The van der Waals surface area contributed by atoms with Gasteiger partial charge in [0, 0.05) is 11.3 Å². The molecule has 76 valence electrons. The monoisotopic (exact) mass is 239 g/mol. The third-order valence-corrected chi connectivity index (χ3v) is 2.03. The zero-order chi connectivity index (χ0) is 10.9. The fraction of sp³-hybridized carbons (Fsp3) is 0.250. The fourth-order valence-corrected chi connectivity index (χ4v) is 1.60. The van der Waals surface area contributed by atoms with Gasteiger partial charge in [-0.2, -0.15) is 0 Å². The molecule has 14 heavy (non-hydrogen) atoms. The minimum absolute atomic E-state index is 0.291. The van der Waals surface area contributed by atoms with Crippen LogP contribution in [0.4, 0.5) is 8.78 Å².